The zero-order valence-electron chi connectivity index (χ0n) is 11.0. The van der Waals surface area contributed by atoms with Crippen LogP contribution in [0, 0.1) is 0 Å². The first kappa shape index (κ1) is 13.0. The molecular weight excluding hydrogens is 226 g/mol. The molecule has 0 saturated carbocycles. The summed E-state index contributed by atoms with van der Waals surface area (Å²) in [6.45, 7) is 4.15. The van der Waals surface area contributed by atoms with E-state index in [1.807, 2.05) is 24.3 Å². The SMILES string of the molecule is COc1ccc(OC/C=C/CN2CCCC2)cc1. The molecule has 1 saturated heterocycles. The topological polar surface area (TPSA) is 21.7 Å². The number of likely N-dealkylation sites (tertiary alicyclic amines) is 1. The Morgan fingerprint density at radius 2 is 1.72 bits per heavy atom. The predicted molar refractivity (Wildman–Crippen MR) is 73.3 cm³/mol. The average molecular weight is 247 g/mol. The van der Waals surface area contributed by atoms with E-state index >= 15 is 0 Å². The largest absolute Gasteiger partial charge is 0.497 e. The van der Waals surface area contributed by atoms with Crippen molar-refractivity contribution >= 4 is 0 Å². The Bertz CT molecular complexity index is 367. The van der Waals surface area contributed by atoms with Crippen LogP contribution in [0.4, 0.5) is 0 Å². The van der Waals surface area contributed by atoms with E-state index in [0.29, 0.717) is 6.61 Å². The molecule has 0 bridgehead atoms. The van der Waals surface area contributed by atoms with E-state index < -0.39 is 0 Å². The number of ether oxygens (including phenoxy) is 2. The first-order chi connectivity index (χ1) is 8.88. The molecule has 0 atom stereocenters. The summed E-state index contributed by atoms with van der Waals surface area (Å²) in [4.78, 5) is 2.46. The second kappa shape index (κ2) is 7.07. The van der Waals surface area contributed by atoms with Crippen molar-refractivity contribution in [1.82, 2.24) is 4.90 Å². The summed E-state index contributed by atoms with van der Waals surface area (Å²) in [5.74, 6) is 1.73. The van der Waals surface area contributed by atoms with E-state index in [1.54, 1.807) is 7.11 Å². The zero-order chi connectivity index (χ0) is 12.6. The van der Waals surface area contributed by atoms with Crippen LogP contribution < -0.4 is 9.47 Å². The van der Waals surface area contributed by atoms with Gasteiger partial charge in [-0.3, -0.25) is 4.90 Å². The van der Waals surface area contributed by atoms with Crippen LogP contribution in [0.3, 0.4) is 0 Å². The number of nitrogens with zero attached hydrogens (tertiary/aromatic N) is 1. The van der Waals surface area contributed by atoms with E-state index in [1.165, 1.54) is 25.9 Å². The summed E-state index contributed by atoms with van der Waals surface area (Å²) in [7, 11) is 1.66. The van der Waals surface area contributed by atoms with Crippen molar-refractivity contribution in [2.45, 2.75) is 12.8 Å². The summed E-state index contributed by atoms with van der Waals surface area (Å²) in [6, 6.07) is 7.66. The fraction of sp³-hybridized carbons (Fsp3) is 0.467. The molecule has 0 unspecified atom stereocenters. The Balaban J connectivity index is 1.65. The van der Waals surface area contributed by atoms with Crippen LogP contribution in [0.25, 0.3) is 0 Å². The number of benzene rings is 1. The monoisotopic (exact) mass is 247 g/mol. The average Bonchev–Trinajstić information content (AvgIpc) is 2.92. The van der Waals surface area contributed by atoms with Gasteiger partial charge in [-0.05, 0) is 50.2 Å². The number of hydrogen-bond donors (Lipinski definition) is 0. The highest BCUT2D eigenvalue weighted by molar-refractivity contribution is 5.31. The molecule has 0 aromatic heterocycles. The molecule has 1 aliphatic heterocycles. The fourth-order valence-electron chi connectivity index (χ4n) is 2.07. The Labute approximate surface area is 109 Å². The van der Waals surface area contributed by atoms with Crippen molar-refractivity contribution in [2.75, 3.05) is 33.4 Å². The molecule has 1 aromatic carbocycles. The van der Waals surface area contributed by atoms with Crippen molar-refractivity contribution in [3.63, 3.8) is 0 Å². The fourth-order valence-corrected chi connectivity index (χ4v) is 2.07. The van der Waals surface area contributed by atoms with E-state index in [2.05, 4.69) is 17.1 Å². The Hall–Kier alpha value is -1.48. The third kappa shape index (κ3) is 4.08. The van der Waals surface area contributed by atoms with Crippen LogP contribution in [0.15, 0.2) is 36.4 Å². The maximum absolute atomic E-state index is 5.61. The van der Waals surface area contributed by atoms with Crippen molar-refractivity contribution < 1.29 is 9.47 Å². The van der Waals surface area contributed by atoms with Gasteiger partial charge >= 0.3 is 0 Å². The van der Waals surface area contributed by atoms with Gasteiger partial charge in [-0.2, -0.15) is 0 Å². The molecule has 3 nitrogen and oxygen atoms in total. The zero-order valence-corrected chi connectivity index (χ0v) is 11.0. The van der Waals surface area contributed by atoms with E-state index in [4.69, 9.17) is 9.47 Å². The van der Waals surface area contributed by atoms with Crippen molar-refractivity contribution in [2.24, 2.45) is 0 Å². The maximum atomic E-state index is 5.61. The lowest BCUT2D eigenvalue weighted by Gasteiger charge is -2.10. The van der Waals surface area contributed by atoms with Gasteiger partial charge in [0.05, 0.1) is 7.11 Å². The number of methoxy groups -OCH3 is 1. The summed E-state index contributed by atoms with van der Waals surface area (Å²) in [5, 5.41) is 0. The van der Waals surface area contributed by atoms with Gasteiger partial charge in [0.1, 0.15) is 18.1 Å². The minimum Gasteiger partial charge on any atom is -0.497 e. The van der Waals surface area contributed by atoms with Gasteiger partial charge in [-0.1, -0.05) is 12.2 Å². The molecule has 98 valence electrons. The van der Waals surface area contributed by atoms with Gasteiger partial charge in [0.25, 0.3) is 0 Å². The lowest BCUT2D eigenvalue weighted by atomic mass is 10.3. The molecule has 1 aliphatic rings. The normalized spacial score (nSPS) is 16.3. The molecular formula is C15H21NO2. The quantitative estimate of drug-likeness (QED) is 0.721. The number of hydrogen-bond acceptors (Lipinski definition) is 3. The minimum absolute atomic E-state index is 0.625. The molecule has 0 amide bonds. The maximum Gasteiger partial charge on any atom is 0.120 e. The number of rotatable bonds is 6. The summed E-state index contributed by atoms with van der Waals surface area (Å²) in [6.07, 6.45) is 6.96. The van der Waals surface area contributed by atoms with Crippen molar-refractivity contribution in [1.29, 1.82) is 0 Å². The molecule has 3 heteroatoms. The molecule has 18 heavy (non-hydrogen) atoms. The van der Waals surface area contributed by atoms with Crippen LogP contribution in [0.5, 0.6) is 11.5 Å². The summed E-state index contributed by atoms with van der Waals surface area (Å²) in [5.41, 5.74) is 0. The van der Waals surface area contributed by atoms with Crippen LogP contribution in [-0.4, -0.2) is 38.3 Å². The minimum atomic E-state index is 0.625. The van der Waals surface area contributed by atoms with Gasteiger partial charge in [-0.15, -0.1) is 0 Å². The van der Waals surface area contributed by atoms with Gasteiger partial charge < -0.3 is 9.47 Å². The van der Waals surface area contributed by atoms with E-state index in [-0.39, 0.29) is 0 Å². The second-order valence-corrected chi connectivity index (χ2v) is 4.47. The highest BCUT2D eigenvalue weighted by Gasteiger charge is 2.08. The predicted octanol–water partition coefficient (Wildman–Crippen LogP) is 2.73. The van der Waals surface area contributed by atoms with Crippen molar-refractivity contribution in [3.05, 3.63) is 36.4 Å². The molecule has 0 spiro atoms. The Morgan fingerprint density at radius 1 is 1.06 bits per heavy atom. The van der Waals surface area contributed by atoms with Crippen LogP contribution >= 0.6 is 0 Å². The summed E-state index contributed by atoms with van der Waals surface area (Å²) >= 11 is 0. The summed E-state index contributed by atoms with van der Waals surface area (Å²) < 4.78 is 10.7. The molecule has 1 fully saturated rings. The molecule has 0 radical (unpaired) electrons. The lowest BCUT2D eigenvalue weighted by Crippen LogP contribution is -2.18. The molecule has 2 rings (SSSR count). The lowest BCUT2D eigenvalue weighted by molar-refractivity contribution is 0.355. The molecule has 0 N–H and O–H groups in total. The molecule has 1 aromatic rings. The van der Waals surface area contributed by atoms with Crippen LogP contribution in [0.2, 0.25) is 0 Å². The Morgan fingerprint density at radius 3 is 2.39 bits per heavy atom. The second-order valence-electron chi connectivity index (χ2n) is 4.47. The van der Waals surface area contributed by atoms with Gasteiger partial charge in [0, 0.05) is 6.54 Å². The van der Waals surface area contributed by atoms with Crippen molar-refractivity contribution in [3.8, 4) is 11.5 Å². The molecule has 1 heterocycles. The third-order valence-electron chi connectivity index (χ3n) is 3.13. The first-order valence-electron chi connectivity index (χ1n) is 6.53. The molecule has 0 aliphatic carbocycles. The first-order valence-corrected chi connectivity index (χ1v) is 6.53. The van der Waals surface area contributed by atoms with E-state index in [0.717, 1.165) is 18.0 Å². The van der Waals surface area contributed by atoms with Gasteiger partial charge in [-0.25, -0.2) is 0 Å². The highest BCUT2D eigenvalue weighted by atomic mass is 16.5. The van der Waals surface area contributed by atoms with E-state index in [9.17, 15) is 0 Å². The van der Waals surface area contributed by atoms with Gasteiger partial charge in [0.2, 0.25) is 0 Å². The van der Waals surface area contributed by atoms with Crippen LogP contribution in [-0.2, 0) is 0 Å². The Kier molecular flexibility index (Phi) is 5.09. The third-order valence-corrected chi connectivity index (χ3v) is 3.13. The van der Waals surface area contributed by atoms with Gasteiger partial charge in [0.15, 0.2) is 0 Å². The highest BCUT2D eigenvalue weighted by Crippen LogP contribution is 2.16. The van der Waals surface area contributed by atoms with Crippen LogP contribution in [0.1, 0.15) is 12.8 Å². The smallest absolute Gasteiger partial charge is 0.120 e. The standard InChI is InChI=1S/C15H21NO2/c1-17-14-6-8-15(9-7-14)18-13-5-4-12-16-10-2-3-11-16/h4-9H,2-3,10-13H2,1H3/b5-4+.